The molecule has 0 atom stereocenters. The third-order valence-electron chi connectivity index (χ3n) is 1.87. The van der Waals surface area contributed by atoms with Crippen molar-refractivity contribution < 1.29 is 13.5 Å². The van der Waals surface area contributed by atoms with Gasteiger partial charge in [0, 0.05) is 25.4 Å². The van der Waals surface area contributed by atoms with Gasteiger partial charge < -0.3 is 15.4 Å². The predicted octanol–water partition coefficient (Wildman–Crippen LogP) is 0.515. The first-order valence-corrected chi connectivity index (χ1v) is 4.77. The Kier molecular flexibility index (Phi) is 4.84. The molecule has 1 aromatic heterocycles. The van der Waals surface area contributed by atoms with Crippen LogP contribution in [0.3, 0.4) is 0 Å². The van der Waals surface area contributed by atoms with Gasteiger partial charge in [0.25, 0.3) is 6.43 Å². The lowest BCUT2D eigenvalue weighted by molar-refractivity contribution is 0.154. The Bertz CT molecular complexity index is 324. The molecule has 0 bridgehead atoms. The van der Waals surface area contributed by atoms with Crippen molar-refractivity contribution in [3.8, 4) is 5.88 Å². The smallest absolute Gasteiger partial charge is 0.255 e. The lowest BCUT2D eigenvalue weighted by Crippen LogP contribution is -2.34. The molecule has 0 radical (unpaired) electrons. The second-order valence-electron chi connectivity index (χ2n) is 3.02. The predicted molar refractivity (Wildman–Crippen MR) is 55.9 cm³/mol. The van der Waals surface area contributed by atoms with Crippen LogP contribution in [0.5, 0.6) is 5.88 Å². The highest BCUT2D eigenvalue weighted by Gasteiger charge is 2.14. The van der Waals surface area contributed by atoms with E-state index in [1.54, 1.807) is 6.07 Å². The summed E-state index contributed by atoms with van der Waals surface area (Å²) in [7, 11) is 1.45. The van der Waals surface area contributed by atoms with Gasteiger partial charge >= 0.3 is 0 Å². The van der Waals surface area contributed by atoms with Gasteiger partial charge in [0.1, 0.15) is 0 Å². The number of hydrogen-bond acceptors (Lipinski definition) is 5. The fourth-order valence-corrected chi connectivity index (χ4v) is 1.19. The number of halogens is 2. The van der Waals surface area contributed by atoms with Crippen LogP contribution in [0.15, 0.2) is 12.3 Å². The van der Waals surface area contributed by atoms with E-state index in [9.17, 15) is 8.78 Å². The van der Waals surface area contributed by atoms with Gasteiger partial charge in [-0.05, 0) is 0 Å². The van der Waals surface area contributed by atoms with Gasteiger partial charge in [-0.1, -0.05) is 0 Å². The Balaban J connectivity index is 2.82. The number of alkyl halides is 2. The summed E-state index contributed by atoms with van der Waals surface area (Å²) in [5, 5.41) is 0. The van der Waals surface area contributed by atoms with E-state index in [1.165, 1.54) is 18.2 Å². The Morgan fingerprint density at radius 2 is 2.31 bits per heavy atom. The number of methoxy groups -OCH3 is 1. The van der Waals surface area contributed by atoms with E-state index in [-0.39, 0.29) is 19.0 Å². The highest BCUT2D eigenvalue weighted by molar-refractivity contribution is 5.32. The minimum absolute atomic E-state index is 0.199. The molecule has 0 aromatic carbocycles. The second-order valence-corrected chi connectivity index (χ2v) is 3.02. The minimum atomic E-state index is -2.46. The van der Waals surface area contributed by atoms with Crippen molar-refractivity contribution in [2.45, 2.75) is 6.43 Å². The number of hydrogen-bond donors (Lipinski definition) is 1. The molecular formula is C9H14F2N4O. The van der Waals surface area contributed by atoms with Gasteiger partial charge in [-0.15, -0.1) is 0 Å². The summed E-state index contributed by atoms with van der Waals surface area (Å²) in [6.45, 7) is 0.0924. The molecule has 0 aliphatic heterocycles. The Hall–Kier alpha value is -1.50. The number of nitrogens with zero attached hydrogens (tertiary/aromatic N) is 3. The zero-order valence-corrected chi connectivity index (χ0v) is 8.94. The van der Waals surface area contributed by atoms with Crippen LogP contribution < -0.4 is 15.4 Å². The van der Waals surface area contributed by atoms with Crippen LogP contribution >= 0.6 is 0 Å². The van der Waals surface area contributed by atoms with Crippen LogP contribution in [0, 0.1) is 0 Å². The summed E-state index contributed by atoms with van der Waals surface area (Å²) in [6, 6.07) is 1.55. The van der Waals surface area contributed by atoms with Crippen molar-refractivity contribution >= 4 is 5.95 Å². The van der Waals surface area contributed by atoms with Crippen LogP contribution in [-0.4, -0.2) is 43.1 Å². The SMILES string of the molecule is COc1ccnc(N(CCN)CC(F)F)n1. The molecule has 7 heteroatoms. The normalized spacial score (nSPS) is 10.6. The first kappa shape index (κ1) is 12.6. The summed E-state index contributed by atoms with van der Waals surface area (Å²) in [5.41, 5.74) is 5.34. The molecule has 0 unspecified atom stereocenters. The van der Waals surface area contributed by atoms with E-state index < -0.39 is 13.0 Å². The second kappa shape index (κ2) is 6.16. The van der Waals surface area contributed by atoms with Gasteiger partial charge in [0.2, 0.25) is 11.8 Å². The monoisotopic (exact) mass is 232 g/mol. The summed E-state index contributed by atoms with van der Waals surface area (Å²) < 4.78 is 29.5. The fraction of sp³-hybridized carbons (Fsp3) is 0.556. The average Bonchev–Trinajstić information content (AvgIpc) is 2.28. The van der Waals surface area contributed by atoms with Crippen LogP contribution in [0.1, 0.15) is 0 Å². The molecule has 0 aliphatic carbocycles. The first-order chi connectivity index (χ1) is 7.67. The molecule has 0 aliphatic rings. The molecule has 1 rings (SSSR count). The van der Waals surface area contributed by atoms with E-state index in [1.807, 2.05) is 0 Å². The first-order valence-electron chi connectivity index (χ1n) is 4.77. The van der Waals surface area contributed by atoms with E-state index in [0.717, 1.165) is 0 Å². The minimum Gasteiger partial charge on any atom is -0.481 e. The zero-order chi connectivity index (χ0) is 12.0. The maximum absolute atomic E-state index is 12.3. The van der Waals surface area contributed by atoms with Gasteiger partial charge in [-0.2, -0.15) is 4.98 Å². The highest BCUT2D eigenvalue weighted by Crippen LogP contribution is 2.13. The number of rotatable bonds is 6. The van der Waals surface area contributed by atoms with Crippen molar-refractivity contribution in [3.05, 3.63) is 12.3 Å². The van der Waals surface area contributed by atoms with Gasteiger partial charge in [0.05, 0.1) is 13.7 Å². The summed E-state index contributed by atoms with van der Waals surface area (Å²) in [5.74, 6) is 0.534. The maximum atomic E-state index is 12.3. The van der Waals surface area contributed by atoms with E-state index in [4.69, 9.17) is 10.5 Å². The molecule has 5 nitrogen and oxygen atoms in total. The molecule has 90 valence electrons. The quantitative estimate of drug-likeness (QED) is 0.774. The zero-order valence-electron chi connectivity index (χ0n) is 8.94. The van der Waals surface area contributed by atoms with Gasteiger partial charge in [-0.3, -0.25) is 0 Å². The van der Waals surface area contributed by atoms with E-state index >= 15 is 0 Å². The third kappa shape index (κ3) is 3.58. The topological polar surface area (TPSA) is 64.3 Å². The molecule has 0 spiro atoms. The highest BCUT2D eigenvalue weighted by atomic mass is 19.3. The molecular weight excluding hydrogens is 218 g/mol. The van der Waals surface area contributed by atoms with E-state index in [2.05, 4.69) is 9.97 Å². The average molecular weight is 232 g/mol. The molecule has 1 aromatic rings. The third-order valence-corrected chi connectivity index (χ3v) is 1.87. The molecule has 16 heavy (non-hydrogen) atoms. The summed E-state index contributed by atoms with van der Waals surface area (Å²) in [6.07, 6.45) is -1.00. The molecule has 0 saturated heterocycles. The van der Waals surface area contributed by atoms with E-state index in [0.29, 0.717) is 5.88 Å². The Morgan fingerprint density at radius 1 is 1.56 bits per heavy atom. The van der Waals surface area contributed by atoms with Crippen molar-refractivity contribution in [1.29, 1.82) is 0 Å². The maximum Gasteiger partial charge on any atom is 0.255 e. The Morgan fingerprint density at radius 3 is 2.88 bits per heavy atom. The van der Waals surface area contributed by atoms with Gasteiger partial charge in [-0.25, -0.2) is 13.8 Å². The number of aromatic nitrogens is 2. The summed E-state index contributed by atoms with van der Waals surface area (Å²) >= 11 is 0. The van der Waals surface area contributed by atoms with Gasteiger partial charge in [0.15, 0.2) is 0 Å². The number of ether oxygens (including phenoxy) is 1. The fourth-order valence-electron chi connectivity index (χ4n) is 1.19. The van der Waals surface area contributed by atoms with Crippen LogP contribution in [0.4, 0.5) is 14.7 Å². The largest absolute Gasteiger partial charge is 0.481 e. The lowest BCUT2D eigenvalue weighted by Gasteiger charge is -2.21. The molecule has 0 amide bonds. The summed E-state index contributed by atoms with van der Waals surface area (Å²) in [4.78, 5) is 9.20. The van der Waals surface area contributed by atoms with Crippen LogP contribution in [-0.2, 0) is 0 Å². The standard InChI is InChI=1S/C9H14F2N4O/c1-16-8-2-4-13-9(14-8)15(5-3-12)6-7(10)11/h2,4,7H,3,5-6,12H2,1H3. The van der Waals surface area contributed by atoms with Crippen molar-refractivity contribution in [3.63, 3.8) is 0 Å². The number of nitrogens with two attached hydrogens (primary N) is 1. The van der Waals surface area contributed by atoms with Crippen molar-refractivity contribution in [2.24, 2.45) is 5.73 Å². The molecule has 0 saturated carbocycles. The molecule has 1 heterocycles. The Labute approximate surface area is 92.2 Å². The van der Waals surface area contributed by atoms with Crippen molar-refractivity contribution in [1.82, 2.24) is 9.97 Å². The van der Waals surface area contributed by atoms with Crippen molar-refractivity contribution in [2.75, 3.05) is 31.6 Å². The molecule has 0 fully saturated rings. The lowest BCUT2D eigenvalue weighted by atomic mass is 10.5. The van der Waals surface area contributed by atoms with Crippen LogP contribution in [0.2, 0.25) is 0 Å². The molecule has 2 N–H and O–H groups in total. The van der Waals surface area contributed by atoms with Crippen LogP contribution in [0.25, 0.3) is 0 Å². The number of anilines is 1.